The van der Waals surface area contributed by atoms with Crippen LogP contribution in [0.5, 0.6) is 11.5 Å². The van der Waals surface area contributed by atoms with Gasteiger partial charge in [-0.1, -0.05) is 28.9 Å². The van der Waals surface area contributed by atoms with Crippen LogP contribution in [-0.2, 0) is 6.54 Å². The Morgan fingerprint density at radius 3 is 2.76 bits per heavy atom. The molecule has 8 nitrogen and oxygen atoms in total. The zero-order valence-electron chi connectivity index (χ0n) is 16.2. The third-order valence-corrected chi connectivity index (χ3v) is 4.00. The molecule has 3 N–H and O–H groups in total. The van der Waals surface area contributed by atoms with Crippen LogP contribution >= 0.6 is 11.6 Å². The van der Waals surface area contributed by atoms with E-state index < -0.39 is 0 Å². The van der Waals surface area contributed by atoms with E-state index in [1.165, 1.54) is 0 Å². The summed E-state index contributed by atoms with van der Waals surface area (Å²) in [6, 6.07) is 12.7. The smallest absolute Gasteiger partial charge is 0.248 e. The van der Waals surface area contributed by atoms with E-state index in [1.54, 1.807) is 18.2 Å². The molecule has 9 heteroatoms. The summed E-state index contributed by atoms with van der Waals surface area (Å²) in [6.07, 6.45) is 0. The first-order valence-electron chi connectivity index (χ1n) is 9.14. The van der Waals surface area contributed by atoms with Gasteiger partial charge in [0, 0.05) is 16.7 Å². The summed E-state index contributed by atoms with van der Waals surface area (Å²) < 4.78 is 16.4. The molecule has 0 aliphatic rings. The number of aliphatic imine (C=N–C) groups is 1. The van der Waals surface area contributed by atoms with E-state index in [0.717, 1.165) is 5.56 Å². The highest BCUT2D eigenvalue weighted by atomic mass is 35.5. The maximum absolute atomic E-state index is 6.02. The maximum Gasteiger partial charge on any atom is 0.248 e. The van der Waals surface area contributed by atoms with Crippen molar-refractivity contribution in [3.05, 3.63) is 53.4 Å². The van der Waals surface area contributed by atoms with Crippen molar-refractivity contribution in [3.8, 4) is 22.9 Å². The van der Waals surface area contributed by atoms with Gasteiger partial charge in [-0.3, -0.25) is 0 Å². The van der Waals surface area contributed by atoms with Crippen molar-refractivity contribution in [3.63, 3.8) is 0 Å². The van der Waals surface area contributed by atoms with Gasteiger partial charge in [-0.25, -0.2) is 4.99 Å². The van der Waals surface area contributed by atoms with Gasteiger partial charge in [-0.05, 0) is 38.1 Å². The molecular formula is C20H22ClN5O3. The molecule has 2 aromatic carbocycles. The molecule has 0 radical (unpaired) electrons. The van der Waals surface area contributed by atoms with E-state index in [0.29, 0.717) is 47.1 Å². The minimum Gasteiger partial charge on any atom is -0.494 e. The molecular weight excluding hydrogens is 394 g/mol. The Morgan fingerprint density at radius 2 is 2.00 bits per heavy atom. The van der Waals surface area contributed by atoms with E-state index >= 15 is 0 Å². The number of hydrogen-bond donors (Lipinski definition) is 2. The Balaban J connectivity index is 1.70. The van der Waals surface area contributed by atoms with Crippen LogP contribution in [0.25, 0.3) is 11.4 Å². The van der Waals surface area contributed by atoms with Crippen molar-refractivity contribution < 1.29 is 14.0 Å². The molecule has 3 aromatic rings. The second kappa shape index (κ2) is 9.79. The number of nitrogens with two attached hydrogens (primary N) is 1. The van der Waals surface area contributed by atoms with Gasteiger partial charge >= 0.3 is 0 Å². The summed E-state index contributed by atoms with van der Waals surface area (Å²) in [6.45, 7) is 5.03. The van der Waals surface area contributed by atoms with Crippen molar-refractivity contribution in [2.75, 3.05) is 18.5 Å². The van der Waals surface area contributed by atoms with Crippen LogP contribution in [0.3, 0.4) is 0 Å². The van der Waals surface area contributed by atoms with Gasteiger partial charge in [0.25, 0.3) is 0 Å². The fourth-order valence-corrected chi connectivity index (χ4v) is 2.73. The number of anilines is 1. The van der Waals surface area contributed by atoms with Gasteiger partial charge in [-0.2, -0.15) is 4.98 Å². The van der Waals surface area contributed by atoms with Gasteiger partial charge in [0.1, 0.15) is 18.0 Å². The molecule has 3 rings (SSSR count). The first-order chi connectivity index (χ1) is 14.1. The first-order valence-corrected chi connectivity index (χ1v) is 9.52. The van der Waals surface area contributed by atoms with Crippen molar-refractivity contribution in [2.24, 2.45) is 10.7 Å². The Kier molecular flexibility index (Phi) is 6.91. The topological polar surface area (TPSA) is 108 Å². The SMILES string of the molecule is CCOc1ccc(OCC)c(NC(N)=NCc2nc(-c3cccc(Cl)c3)no2)c1. The maximum atomic E-state index is 6.02. The van der Waals surface area contributed by atoms with E-state index in [-0.39, 0.29) is 12.5 Å². The summed E-state index contributed by atoms with van der Waals surface area (Å²) in [5.41, 5.74) is 7.43. The Hall–Kier alpha value is -3.26. The van der Waals surface area contributed by atoms with Crippen molar-refractivity contribution in [1.82, 2.24) is 10.1 Å². The quantitative estimate of drug-likeness (QED) is 0.421. The molecule has 1 heterocycles. The average Bonchev–Trinajstić information content (AvgIpc) is 3.18. The molecule has 0 spiro atoms. The van der Waals surface area contributed by atoms with Crippen LogP contribution in [0.1, 0.15) is 19.7 Å². The third-order valence-electron chi connectivity index (χ3n) is 3.76. The van der Waals surface area contributed by atoms with Gasteiger partial charge < -0.3 is 25.0 Å². The fourth-order valence-electron chi connectivity index (χ4n) is 2.54. The Bertz CT molecular complexity index is 990. The summed E-state index contributed by atoms with van der Waals surface area (Å²) in [5, 5.41) is 7.57. The zero-order chi connectivity index (χ0) is 20.6. The lowest BCUT2D eigenvalue weighted by molar-refractivity contribution is 0.332. The molecule has 29 heavy (non-hydrogen) atoms. The van der Waals surface area contributed by atoms with Crippen molar-refractivity contribution in [1.29, 1.82) is 0 Å². The van der Waals surface area contributed by atoms with Crippen LogP contribution in [0.2, 0.25) is 5.02 Å². The van der Waals surface area contributed by atoms with Crippen LogP contribution in [-0.4, -0.2) is 29.3 Å². The van der Waals surface area contributed by atoms with Gasteiger partial charge in [0.15, 0.2) is 5.96 Å². The number of nitrogens with one attached hydrogen (secondary N) is 1. The Morgan fingerprint density at radius 1 is 1.17 bits per heavy atom. The van der Waals surface area contributed by atoms with Gasteiger partial charge in [0.2, 0.25) is 11.7 Å². The highest BCUT2D eigenvalue weighted by Crippen LogP contribution is 2.29. The fraction of sp³-hybridized carbons (Fsp3) is 0.250. The lowest BCUT2D eigenvalue weighted by Crippen LogP contribution is -2.23. The van der Waals surface area contributed by atoms with E-state index in [2.05, 4.69) is 20.4 Å². The number of ether oxygens (including phenoxy) is 2. The zero-order valence-corrected chi connectivity index (χ0v) is 16.9. The summed E-state index contributed by atoms with van der Waals surface area (Å²) in [5.74, 6) is 2.30. The largest absolute Gasteiger partial charge is 0.494 e. The van der Waals surface area contributed by atoms with Crippen LogP contribution in [0.15, 0.2) is 52.0 Å². The second-order valence-corrected chi connectivity index (χ2v) is 6.31. The molecule has 0 aliphatic heterocycles. The van der Waals surface area contributed by atoms with E-state index in [9.17, 15) is 0 Å². The number of aromatic nitrogens is 2. The van der Waals surface area contributed by atoms with Crippen LogP contribution in [0, 0.1) is 0 Å². The number of hydrogen-bond acceptors (Lipinski definition) is 6. The lowest BCUT2D eigenvalue weighted by Gasteiger charge is -2.13. The van der Waals surface area contributed by atoms with Gasteiger partial charge in [-0.15, -0.1) is 0 Å². The molecule has 0 fully saturated rings. The predicted molar refractivity (Wildman–Crippen MR) is 112 cm³/mol. The number of guanidine groups is 1. The molecule has 1 aromatic heterocycles. The second-order valence-electron chi connectivity index (χ2n) is 5.87. The standard InChI is InChI=1S/C20H22ClN5O3/c1-3-27-15-8-9-17(28-4-2)16(11-15)24-20(22)23-12-18-25-19(26-29-18)13-6-5-7-14(21)10-13/h5-11H,3-4,12H2,1-2H3,(H3,22,23,24). The normalized spacial score (nSPS) is 11.3. The van der Waals surface area contributed by atoms with Crippen molar-refractivity contribution >= 4 is 23.2 Å². The number of nitrogens with zero attached hydrogens (tertiary/aromatic N) is 3. The molecule has 0 saturated heterocycles. The summed E-state index contributed by atoms with van der Waals surface area (Å²) in [4.78, 5) is 8.57. The molecule has 152 valence electrons. The molecule has 0 aliphatic carbocycles. The molecule has 0 atom stereocenters. The highest BCUT2D eigenvalue weighted by Gasteiger charge is 2.10. The number of rotatable bonds is 8. The van der Waals surface area contributed by atoms with Gasteiger partial charge in [0.05, 0.1) is 18.9 Å². The minimum absolute atomic E-state index is 0.127. The van der Waals surface area contributed by atoms with E-state index in [1.807, 2.05) is 38.1 Å². The molecule has 0 saturated carbocycles. The monoisotopic (exact) mass is 415 g/mol. The molecule has 0 bridgehead atoms. The Labute approximate surface area is 173 Å². The summed E-state index contributed by atoms with van der Waals surface area (Å²) in [7, 11) is 0. The molecule has 0 amide bonds. The number of benzene rings is 2. The van der Waals surface area contributed by atoms with Crippen LogP contribution < -0.4 is 20.5 Å². The minimum atomic E-state index is 0.127. The highest BCUT2D eigenvalue weighted by molar-refractivity contribution is 6.30. The van der Waals surface area contributed by atoms with Crippen molar-refractivity contribution in [2.45, 2.75) is 20.4 Å². The average molecular weight is 416 g/mol. The first kappa shape index (κ1) is 20.5. The number of halogens is 1. The summed E-state index contributed by atoms with van der Waals surface area (Å²) >= 11 is 6.00. The third kappa shape index (κ3) is 5.61. The molecule has 0 unspecified atom stereocenters. The lowest BCUT2D eigenvalue weighted by atomic mass is 10.2. The predicted octanol–water partition coefficient (Wildman–Crippen LogP) is 4.11. The van der Waals surface area contributed by atoms with Crippen LogP contribution in [0.4, 0.5) is 5.69 Å². The van der Waals surface area contributed by atoms with E-state index in [4.69, 9.17) is 31.3 Å².